The fraction of sp³-hybridized carbons (Fsp3) is 1.00. The first kappa shape index (κ1) is 13.0. The molecule has 0 radical (unpaired) electrons. The van der Waals surface area contributed by atoms with Crippen LogP contribution in [0.15, 0.2) is 0 Å². The van der Waals surface area contributed by atoms with Gasteiger partial charge in [-0.2, -0.15) is 0 Å². The monoisotopic (exact) mass is 166 g/mol. The van der Waals surface area contributed by atoms with Crippen LogP contribution in [0.1, 0.15) is 0 Å². The molecule has 0 unspecified atom stereocenters. The second-order valence-electron chi connectivity index (χ2n) is 2.83. The predicted octanol–water partition coefficient (Wildman–Crippen LogP) is -1.20. The second kappa shape index (κ2) is 6.15. The minimum atomic E-state index is -0.943. The third kappa shape index (κ3) is 6.53. The normalized spacial score (nSPS) is 10.8. The highest BCUT2D eigenvalue weighted by Crippen LogP contribution is 2.49. The molecule has 0 saturated carbocycles. The molecule has 2 N–H and O–H groups in total. The van der Waals surface area contributed by atoms with Crippen LogP contribution in [0, 0.1) is 0 Å². The molecule has 0 aromatic rings. The van der Waals surface area contributed by atoms with Gasteiger partial charge < -0.3 is 10.2 Å². The topological polar surface area (TPSA) is 40.5 Å². The van der Waals surface area contributed by atoms with Gasteiger partial charge in [-0.1, -0.05) is 8.41 Å². The van der Waals surface area contributed by atoms with E-state index in [2.05, 4.69) is 13.3 Å². The summed E-state index contributed by atoms with van der Waals surface area (Å²) in [4.78, 5) is 0. The largest absolute Gasteiger partial charge is 0.393 e. The van der Waals surface area contributed by atoms with Crippen LogP contribution < -0.4 is 0 Å². The van der Waals surface area contributed by atoms with Gasteiger partial charge in [0.2, 0.25) is 0 Å². The van der Waals surface area contributed by atoms with Crippen LogP contribution in [0.5, 0.6) is 0 Å². The first-order valence-corrected chi connectivity index (χ1v) is 6.21. The first-order chi connectivity index (χ1) is 4.12. The summed E-state index contributed by atoms with van der Waals surface area (Å²) in [5.74, 6) is 0. The van der Waals surface area contributed by atoms with E-state index in [1.807, 2.05) is 0 Å². The summed E-state index contributed by atoms with van der Waals surface area (Å²) in [5, 5.41) is 17.1. The van der Waals surface area contributed by atoms with Crippen molar-refractivity contribution < 1.29 is 10.2 Å². The van der Waals surface area contributed by atoms with Crippen molar-refractivity contribution in [1.82, 2.24) is 0 Å². The molecule has 0 spiro atoms. The van der Waals surface area contributed by atoms with Crippen LogP contribution in [-0.2, 0) is 0 Å². The molecule has 0 bridgehead atoms. The summed E-state index contributed by atoms with van der Waals surface area (Å²) in [7, 11) is -0.943. The van der Waals surface area contributed by atoms with Gasteiger partial charge in [-0.05, 0) is 0 Å². The number of rotatable bonds is 4. The molecule has 0 aromatic heterocycles. The van der Waals surface area contributed by atoms with Crippen molar-refractivity contribution in [3.63, 3.8) is 0 Å². The lowest BCUT2D eigenvalue weighted by molar-refractivity contribution is 0.315. The highest BCUT2D eigenvalue weighted by molar-refractivity contribution is 7.74. The summed E-state index contributed by atoms with van der Waals surface area (Å²) in [5.41, 5.74) is 0. The fourth-order valence-corrected chi connectivity index (χ4v) is 1.96. The van der Waals surface area contributed by atoms with Gasteiger partial charge in [0.25, 0.3) is 0 Å². The minimum absolute atomic E-state index is 0. The van der Waals surface area contributed by atoms with Crippen molar-refractivity contribution in [2.24, 2.45) is 0 Å². The number of hydrogen-bond donors (Lipinski definition) is 2. The lowest BCUT2D eigenvalue weighted by Crippen LogP contribution is -2.06. The Morgan fingerprint density at radius 2 is 1.30 bits per heavy atom. The van der Waals surface area contributed by atoms with Crippen LogP contribution in [0.2, 0.25) is 0 Å². The lowest BCUT2D eigenvalue weighted by atomic mass is 10.8. The van der Waals surface area contributed by atoms with Gasteiger partial charge in [-0.25, -0.2) is 0 Å². The summed E-state index contributed by atoms with van der Waals surface area (Å²) in [6.07, 6.45) is 1.76. The van der Waals surface area contributed by atoms with E-state index >= 15 is 0 Å². The standard InChI is InChI=1S/C6H16O2P.BH4/c1-9(2,5-3-7)6-4-8;/h7-8H,3-6H2,1-2H3;1H4/q+1;-1. The summed E-state index contributed by atoms with van der Waals surface area (Å²) < 4.78 is 0. The molecule has 0 aromatic carbocycles. The van der Waals surface area contributed by atoms with Gasteiger partial charge in [0, 0.05) is 20.6 Å². The number of aliphatic hydroxyl groups is 2. The molecule has 0 heterocycles. The fourth-order valence-electron chi connectivity index (χ4n) is 0.653. The summed E-state index contributed by atoms with van der Waals surface area (Å²) in [6.45, 7) is 4.83. The minimum Gasteiger partial charge on any atom is -0.393 e. The van der Waals surface area contributed by atoms with Gasteiger partial charge >= 0.3 is 0 Å². The molecule has 0 aliphatic carbocycles. The third-order valence-corrected chi connectivity index (χ3v) is 4.23. The van der Waals surface area contributed by atoms with Crippen molar-refractivity contribution in [1.29, 1.82) is 0 Å². The molecule has 4 heteroatoms. The molecule has 0 aliphatic heterocycles. The van der Waals surface area contributed by atoms with E-state index in [9.17, 15) is 0 Å². The predicted molar refractivity (Wildman–Crippen MR) is 54.0 cm³/mol. The first-order valence-electron chi connectivity index (χ1n) is 3.16. The molecule has 0 fully saturated rings. The van der Waals surface area contributed by atoms with E-state index in [1.54, 1.807) is 0 Å². The second-order valence-corrected chi connectivity index (χ2v) is 7.60. The van der Waals surface area contributed by atoms with Crippen molar-refractivity contribution in [2.75, 3.05) is 38.9 Å². The SMILES string of the molecule is C[P+](C)(CCO)CCO.[BH4-]. The smallest absolute Gasteiger partial charge is 0.0820 e. The Hall–Kier alpha value is 0.415. The van der Waals surface area contributed by atoms with Gasteiger partial charge in [-0.15, -0.1) is 0 Å². The highest BCUT2D eigenvalue weighted by Gasteiger charge is 2.22. The van der Waals surface area contributed by atoms with Crippen LogP contribution in [0.3, 0.4) is 0 Å². The van der Waals surface area contributed by atoms with Crippen molar-refractivity contribution in [3.05, 3.63) is 0 Å². The molecule has 10 heavy (non-hydrogen) atoms. The Morgan fingerprint density at radius 3 is 1.50 bits per heavy atom. The Kier molecular flexibility index (Phi) is 8.01. The van der Waals surface area contributed by atoms with Crippen molar-refractivity contribution >= 4 is 15.7 Å². The van der Waals surface area contributed by atoms with Crippen LogP contribution in [-0.4, -0.2) is 57.5 Å². The van der Waals surface area contributed by atoms with Crippen molar-refractivity contribution in [2.45, 2.75) is 0 Å². The van der Waals surface area contributed by atoms with E-state index in [0.717, 1.165) is 12.3 Å². The number of aliphatic hydroxyl groups excluding tert-OH is 2. The zero-order valence-electron chi connectivity index (χ0n) is 6.17. The van der Waals surface area contributed by atoms with Crippen molar-refractivity contribution in [3.8, 4) is 0 Å². The molecule has 2 nitrogen and oxygen atoms in total. The highest BCUT2D eigenvalue weighted by atomic mass is 31.2. The van der Waals surface area contributed by atoms with Gasteiger partial charge in [0.1, 0.15) is 0 Å². The molecular formula is C6H20BO2P. The number of hydrogen-bond acceptors (Lipinski definition) is 2. The molecule has 0 saturated heterocycles. The van der Waals surface area contributed by atoms with Gasteiger partial charge in [-0.3, -0.25) is 0 Å². The van der Waals surface area contributed by atoms with E-state index in [-0.39, 0.29) is 21.6 Å². The lowest BCUT2D eigenvalue weighted by Gasteiger charge is -2.14. The van der Waals surface area contributed by atoms with E-state index < -0.39 is 7.26 Å². The average Bonchev–Trinajstić information content (AvgIpc) is 1.64. The summed E-state index contributed by atoms with van der Waals surface area (Å²) in [6, 6.07) is 0. The van der Waals surface area contributed by atoms with Crippen LogP contribution >= 0.6 is 7.26 Å². The summed E-state index contributed by atoms with van der Waals surface area (Å²) >= 11 is 0. The molecular weight excluding hydrogens is 146 g/mol. The van der Waals surface area contributed by atoms with Gasteiger partial charge in [0.15, 0.2) is 0 Å². The molecule has 0 rings (SSSR count). The molecule has 0 amide bonds. The Labute approximate surface area is 65.6 Å². The maximum Gasteiger partial charge on any atom is 0.0820 e. The third-order valence-electron chi connectivity index (χ3n) is 1.41. The molecule has 0 aliphatic rings. The zero-order valence-corrected chi connectivity index (χ0v) is 7.06. The Bertz CT molecular complexity index is 70.1. The van der Waals surface area contributed by atoms with Gasteiger partial charge in [0.05, 0.1) is 25.5 Å². The Morgan fingerprint density at radius 1 is 1.00 bits per heavy atom. The van der Waals surface area contributed by atoms with E-state index in [1.165, 1.54) is 0 Å². The zero-order chi connectivity index (χ0) is 7.33. The van der Waals surface area contributed by atoms with Crippen LogP contribution in [0.25, 0.3) is 0 Å². The van der Waals surface area contributed by atoms with E-state index in [0.29, 0.717) is 0 Å². The molecule has 0 atom stereocenters. The van der Waals surface area contributed by atoms with Crippen LogP contribution in [0.4, 0.5) is 0 Å². The Balaban J connectivity index is 0. The maximum absolute atomic E-state index is 8.57. The maximum atomic E-state index is 8.57. The van der Waals surface area contributed by atoms with E-state index in [4.69, 9.17) is 10.2 Å². The quantitative estimate of drug-likeness (QED) is 0.406. The average molecular weight is 166 g/mol. The molecule has 64 valence electrons.